The fourth-order valence-electron chi connectivity index (χ4n) is 2.09. The summed E-state index contributed by atoms with van der Waals surface area (Å²) in [6, 6.07) is 0. The standard InChI is InChI=1S/C13H30N2O/c1-6-15(7-2)9-8-14-11-13(5,16)10-12(3)4/h12,14,16H,6-11H2,1-5H3. The van der Waals surface area contributed by atoms with Crippen molar-refractivity contribution in [3.05, 3.63) is 0 Å². The molecule has 2 N–H and O–H groups in total. The van der Waals surface area contributed by atoms with E-state index in [4.69, 9.17) is 0 Å². The highest BCUT2D eigenvalue weighted by Crippen LogP contribution is 2.14. The molecule has 0 fully saturated rings. The molecule has 0 amide bonds. The van der Waals surface area contributed by atoms with Crippen LogP contribution in [0.3, 0.4) is 0 Å². The molecule has 0 radical (unpaired) electrons. The van der Waals surface area contributed by atoms with Gasteiger partial charge in [-0.15, -0.1) is 0 Å². The van der Waals surface area contributed by atoms with Gasteiger partial charge in [0, 0.05) is 19.6 Å². The van der Waals surface area contributed by atoms with Crippen LogP contribution in [-0.2, 0) is 0 Å². The van der Waals surface area contributed by atoms with Crippen molar-refractivity contribution in [2.24, 2.45) is 5.92 Å². The fourth-order valence-corrected chi connectivity index (χ4v) is 2.09. The Labute approximate surface area is 101 Å². The van der Waals surface area contributed by atoms with Crippen molar-refractivity contribution in [1.82, 2.24) is 10.2 Å². The maximum absolute atomic E-state index is 10.1. The lowest BCUT2D eigenvalue weighted by atomic mass is 9.94. The number of aliphatic hydroxyl groups is 1. The first-order chi connectivity index (χ1) is 7.41. The van der Waals surface area contributed by atoms with Crippen molar-refractivity contribution < 1.29 is 5.11 Å². The molecule has 0 aliphatic carbocycles. The van der Waals surface area contributed by atoms with Gasteiger partial charge in [-0.3, -0.25) is 0 Å². The van der Waals surface area contributed by atoms with Crippen molar-refractivity contribution >= 4 is 0 Å². The Bertz CT molecular complexity index is 165. The number of nitrogens with zero attached hydrogens (tertiary/aromatic N) is 1. The zero-order valence-corrected chi connectivity index (χ0v) is 11.7. The van der Waals surface area contributed by atoms with Crippen molar-refractivity contribution in [2.75, 3.05) is 32.7 Å². The molecule has 1 atom stereocenters. The lowest BCUT2D eigenvalue weighted by molar-refractivity contribution is 0.0382. The molecule has 0 aromatic heterocycles. The first-order valence-electron chi connectivity index (χ1n) is 6.56. The van der Waals surface area contributed by atoms with Crippen LogP contribution in [0.25, 0.3) is 0 Å². The number of hydrogen-bond donors (Lipinski definition) is 2. The summed E-state index contributed by atoms with van der Waals surface area (Å²) in [6.07, 6.45) is 0.852. The van der Waals surface area contributed by atoms with Gasteiger partial charge in [-0.1, -0.05) is 27.7 Å². The Balaban J connectivity index is 3.64. The van der Waals surface area contributed by atoms with Crippen LogP contribution in [0.5, 0.6) is 0 Å². The monoisotopic (exact) mass is 230 g/mol. The Morgan fingerprint density at radius 1 is 1.25 bits per heavy atom. The molecule has 16 heavy (non-hydrogen) atoms. The molecule has 0 heterocycles. The SMILES string of the molecule is CCN(CC)CCNCC(C)(O)CC(C)C. The van der Waals surface area contributed by atoms with Gasteiger partial charge < -0.3 is 15.3 Å². The van der Waals surface area contributed by atoms with Crippen molar-refractivity contribution in [2.45, 2.75) is 46.6 Å². The quantitative estimate of drug-likeness (QED) is 0.592. The van der Waals surface area contributed by atoms with Crippen LogP contribution in [0.4, 0.5) is 0 Å². The summed E-state index contributed by atoms with van der Waals surface area (Å²) in [5, 5.41) is 13.4. The number of likely N-dealkylation sites (N-methyl/N-ethyl adjacent to an activating group) is 1. The first-order valence-corrected chi connectivity index (χ1v) is 6.56. The van der Waals surface area contributed by atoms with Gasteiger partial charge in [0.2, 0.25) is 0 Å². The van der Waals surface area contributed by atoms with Crippen LogP contribution in [0, 0.1) is 5.92 Å². The van der Waals surface area contributed by atoms with Gasteiger partial charge >= 0.3 is 0 Å². The highest BCUT2D eigenvalue weighted by Gasteiger charge is 2.20. The summed E-state index contributed by atoms with van der Waals surface area (Å²) in [7, 11) is 0. The van der Waals surface area contributed by atoms with E-state index >= 15 is 0 Å². The van der Waals surface area contributed by atoms with Crippen LogP contribution in [0.15, 0.2) is 0 Å². The molecule has 98 valence electrons. The normalized spacial score (nSPS) is 15.8. The molecule has 0 aromatic carbocycles. The van der Waals surface area contributed by atoms with E-state index in [2.05, 4.69) is 37.9 Å². The molecule has 0 spiro atoms. The van der Waals surface area contributed by atoms with Gasteiger partial charge in [-0.2, -0.15) is 0 Å². The largest absolute Gasteiger partial charge is 0.389 e. The minimum Gasteiger partial charge on any atom is -0.389 e. The summed E-state index contributed by atoms with van der Waals surface area (Å²) in [5.41, 5.74) is -0.572. The summed E-state index contributed by atoms with van der Waals surface area (Å²) in [6.45, 7) is 15.5. The average molecular weight is 230 g/mol. The summed E-state index contributed by atoms with van der Waals surface area (Å²) < 4.78 is 0. The predicted molar refractivity (Wildman–Crippen MR) is 70.7 cm³/mol. The van der Waals surface area contributed by atoms with Crippen LogP contribution in [0.1, 0.15) is 41.0 Å². The molecule has 1 unspecified atom stereocenters. The van der Waals surface area contributed by atoms with Crippen molar-refractivity contribution in [1.29, 1.82) is 0 Å². The maximum Gasteiger partial charge on any atom is 0.0746 e. The molecule has 0 saturated heterocycles. The molecule has 3 nitrogen and oxygen atoms in total. The van der Waals surface area contributed by atoms with E-state index in [0.717, 1.165) is 32.6 Å². The Morgan fingerprint density at radius 2 is 1.81 bits per heavy atom. The second-order valence-corrected chi connectivity index (χ2v) is 5.30. The smallest absolute Gasteiger partial charge is 0.0746 e. The van der Waals surface area contributed by atoms with E-state index in [9.17, 15) is 5.11 Å². The van der Waals surface area contributed by atoms with Crippen LogP contribution in [-0.4, -0.2) is 48.3 Å². The van der Waals surface area contributed by atoms with E-state index < -0.39 is 5.60 Å². The molecule has 3 heteroatoms. The molecule has 0 bridgehead atoms. The lowest BCUT2D eigenvalue weighted by Gasteiger charge is -2.26. The zero-order valence-electron chi connectivity index (χ0n) is 11.7. The van der Waals surface area contributed by atoms with Gasteiger partial charge in [0.25, 0.3) is 0 Å². The van der Waals surface area contributed by atoms with Gasteiger partial charge in [-0.25, -0.2) is 0 Å². The third kappa shape index (κ3) is 8.08. The summed E-state index contributed by atoms with van der Waals surface area (Å²) in [4.78, 5) is 2.38. The Kier molecular flexibility index (Phi) is 7.98. The van der Waals surface area contributed by atoms with E-state index in [1.165, 1.54) is 0 Å². The molecule has 0 saturated carbocycles. The van der Waals surface area contributed by atoms with Crippen molar-refractivity contribution in [3.8, 4) is 0 Å². The van der Waals surface area contributed by atoms with E-state index in [0.29, 0.717) is 12.5 Å². The van der Waals surface area contributed by atoms with Crippen LogP contribution in [0.2, 0.25) is 0 Å². The second kappa shape index (κ2) is 8.04. The highest BCUT2D eigenvalue weighted by molar-refractivity contribution is 4.76. The summed E-state index contributed by atoms with van der Waals surface area (Å²) >= 11 is 0. The Hall–Kier alpha value is -0.120. The topological polar surface area (TPSA) is 35.5 Å². The molecular formula is C13H30N2O. The van der Waals surface area contributed by atoms with Gasteiger partial charge in [-0.05, 0) is 32.4 Å². The maximum atomic E-state index is 10.1. The highest BCUT2D eigenvalue weighted by atomic mass is 16.3. The number of hydrogen-bond acceptors (Lipinski definition) is 3. The third-order valence-corrected chi connectivity index (χ3v) is 2.85. The second-order valence-electron chi connectivity index (χ2n) is 5.30. The summed E-state index contributed by atoms with van der Waals surface area (Å²) in [5.74, 6) is 0.541. The molecule has 0 rings (SSSR count). The Morgan fingerprint density at radius 3 is 2.25 bits per heavy atom. The first kappa shape index (κ1) is 15.9. The minimum absolute atomic E-state index is 0.541. The van der Waals surface area contributed by atoms with Crippen molar-refractivity contribution in [3.63, 3.8) is 0 Å². The average Bonchev–Trinajstić information content (AvgIpc) is 2.16. The van der Waals surface area contributed by atoms with Gasteiger partial charge in [0.1, 0.15) is 0 Å². The lowest BCUT2D eigenvalue weighted by Crippen LogP contribution is -2.41. The van der Waals surface area contributed by atoms with Crippen LogP contribution >= 0.6 is 0 Å². The van der Waals surface area contributed by atoms with Gasteiger partial charge in [0.15, 0.2) is 0 Å². The fraction of sp³-hybridized carbons (Fsp3) is 1.00. The van der Waals surface area contributed by atoms with Gasteiger partial charge in [0.05, 0.1) is 5.60 Å². The molecular weight excluding hydrogens is 200 g/mol. The molecule has 0 aliphatic rings. The van der Waals surface area contributed by atoms with E-state index in [1.54, 1.807) is 0 Å². The van der Waals surface area contributed by atoms with E-state index in [1.807, 2.05) is 6.92 Å². The number of nitrogens with one attached hydrogen (secondary N) is 1. The minimum atomic E-state index is -0.572. The number of rotatable bonds is 9. The zero-order chi connectivity index (χ0) is 12.6. The van der Waals surface area contributed by atoms with Crippen LogP contribution < -0.4 is 5.32 Å². The molecule has 0 aliphatic heterocycles. The third-order valence-electron chi connectivity index (χ3n) is 2.85. The van der Waals surface area contributed by atoms with E-state index in [-0.39, 0.29) is 0 Å². The molecule has 0 aromatic rings. The predicted octanol–water partition coefficient (Wildman–Crippen LogP) is 1.71.